The second-order valence-corrected chi connectivity index (χ2v) is 10.0. The molecule has 1 aliphatic rings. The van der Waals surface area contributed by atoms with Gasteiger partial charge in [0.05, 0.1) is 11.5 Å². The summed E-state index contributed by atoms with van der Waals surface area (Å²) in [5, 5.41) is 2.82. The maximum Gasteiger partial charge on any atom is 0.257 e. The first kappa shape index (κ1) is 26.2. The number of ether oxygens (including phenoxy) is 1. The van der Waals surface area contributed by atoms with Gasteiger partial charge in [-0.3, -0.25) is 14.4 Å². The standard InChI is InChI=1S/C27H36N4O4/c1-18(32)31-22-10-8-7-9-21(22)27(4,24(25(28)34)26(31,2)3)19-11-13-20(14-12-19)35-17-23(33)29-15-16-30(5)6/h7-14,24H,15-17H2,1-6H3,(H2,28,34)(H,29,33). The molecule has 0 spiro atoms. The molecule has 2 aromatic rings. The van der Waals surface area contributed by atoms with E-state index in [-0.39, 0.29) is 18.4 Å². The Kier molecular flexibility index (Phi) is 7.55. The fourth-order valence-electron chi connectivity index (χ4n) is 5.46. The molecule has 0 radical (unpaired) electrons. The van der Waals surface area contributed by atoms with Crippen molar-refractivity contribution in [2.24, 2.45) is 11.7 Å². The van der Waals surface area contributed by atoms with Crippen molar-refractivity contribution in [3.8, 4) is 5.75 Å². The predicted octanol–water partition coefficient (Wildman–Crippen LogP) is 2.30. The zero-order valence-electron chi connectivity index (χ0n) is 21.4. The fourth-order valence-corrected chi connectivity index (χ4v) is 5.46. The molecule has 0 saturated heterocycles. The number of carbonyl (C=O) groups is 3. The lowest BCUT2D eigenvalue weighted by Gasteiger charge is -2.55. The SMILES string of the molecule is CC(=O)N1c2ccccc2C(C)(c2ccc(OCC(=O)NCCN(C)C)cc2)C(C(N)=O)C1(C)C. The maximum absolute atomic E-state index is 12.9. The lowest BCUT2D eigenvalue weighted by atomic mass is 9.57. The lowest BCUT2D eigenvalue weighted by molar-refractivity contribution is -0.127. The molecule has 188 valence electrons. The molecule has 8 nitrogen and oxygen atoms in total. The number of likely N-dealkylation sites (N-methyl/N-ethyl adjacent to an activating group) is 1. The second-order valence-electron chi connectivity index (χ2n) is 10.0. The average Bonchev–Trinajstić information content (AvgIpc) is 2.76. The summed E-state index contributed by atoms with van der Waals surface area (Å²) in [7, 11) is 3.88. The number of carbonyl (C=O) groups excluding carboxylic acids is 3. The molecule has 0 saturated carbocycles. The van der Waals surface area contributed by atoms with Crippen molar-refractivity contribution < 1.29 is 19.1 Å². The number of fused-ring (bicyclic) bond motifs is 1. The van der Waals surface area contributed by atoms with Crippen LogP contribution in [0.25, 0.3) is 0 Å². The first-order valence-electron chi connectivity index (χ1n) is 11.7. The van der Waals surface area contributed by atoms with Gasteiger partial charge in [-0.1, -0.05) is 37.3 Å². The molecule has 8 heteroatoms. The minimum Gasteiger partial charge on any atom is -0.484 e. The summed E-state index contributed by atoms with van der Waals surface area (Å²) in [6, 6.07) is 15.0. The van der Waals surface area contributed by atoms with Gasteiger partial charge < -0.3 is 25.6 Å². The van der Waals surface area contributed by atoms with E-state index >= 15 is 0 Å². The van der Waals surface area contributed by atoms with Gasteiger partial charge >= 0.3 is 0 Å². The molecule has 1 aliphatic heterocycles. The highest BCUT2D eigenvalue weighted by Crippen LogP contribution is 2.54. The Morgan fingerprint density at radius 2 is 1.69 bits per heavy atom. The summed E-state index contributed by atoms with van der Waals surface area (Å²) in [5.74, 6) is -0.965. The third kappa shape index (κ3) is 5.03. The fraction of sp³-hybridized carbons (Fsp3) is 0.444. The number of hydrogen-bond acceptors (Lipinski definition) is 5. The van der Waals surface area contributed by atoms with E-state index < -0.39 is 22.8 Å². The number of anilines is 1. The van der Waals surface area contributed by atoms with Gasteiger partial charge in [0.2, 0.25) is 11.8 Å². The molecule has 35 heavy (non-hydrogen) atoms. The molecule has 0 aromatic heterocycles. The van der Waals surface area contributed by atoms with Gasteiger partial charge in [0.25, 0.3) is 5.91 Å². The van der Waals surface area contributed by atoms with Crippen molar-refractivity contribution in [1.29, 1.82) is 0 Å². The first-order chi connectivity index (χ1) is 16.4. The smallest absolute Gasteiger partial charge is 0.257 e. The number of primary amides is 1. The minimum atomic E-state index is -0.861. The Labute approximate surface area is 207 Å². The summed E-state index contributed by atoms with van der Waals surface area (Å²) in [4.78, 5) is 41.3. The van der Waals surface area contributed by atoms with Crippen molar-refractivity contribution in [3.63, 3.8) is 0 Å². The third-order valence-electron chi connectivity index (χ3n) is 6.87. The first-order valence-corrected chi connectivity index (χ1v) is 11.7. The normalized spacial score (nSPS) is 20.8. The Bertz CT molecular complexity index is 1100. The number of hydrogen-bond donors (Lipinski definition) is 2. The van der Waals surface area contributed by atoms with Gasteiger partial charge in [0, 0.05) is 31.1 Å². The highest BCUT2D eigenvalue weighted by atomic mass is 16.5. The van der Waals surface area contributed by atoms with E-state index in [0.717, 1.165) is 23.4 Å². The van der Waals surface area contributed by atoms with Crippen molar-refractivity contribution in [3.05, 3.63) is 59.7 Å². The summed E-state index contributed by atoms with van der Waals surface area (Å²) >= 11 is 0. The van der Waals surface area contributed by atoms with E-state index in [9.17, 15) is 14.4 Å². The van der Waals surface area contributed by atoms with Crippen LogP contribution in [0.4, 0.5) is 5.69 Å². The summed E-state index contributed by atoms with van der Waals surface area (Å²) in [6.45, 7) is 8.47. The number of nitrogens with one attached hydrogen (secondary N) is 1. The van der Waals surface area contributed by atoms with Crippen LogP contribution in [0.3, 0.4) is 0 Å². The zero-order chi connectivity index (χ0) is 26.0. The molecule has 0 aliphatic carbocycles. The molecule has 3 amide bonds. The predicted molar refractivity (Wildman–Crippen MR) is 136 cm³/mol. The van der Waals surface area contributed by atoms with Crippen LogP contribution in [-0.2, 0) is 19.8 Å². The van der Waals surface area contributed by atoms with Crippen LogP contribution in [0.2, 0.25) is 0 Å². The molecule has 3 N–H and O–H groups in total. The van der Waals surface area contributed by atoms with Crippen LogP contribution in [0.1, 0.15) is 38.8 Å². The number of amides is 3. The Balaban J connectivity index is 1.93. The molecule has 0 fully saturated rings. The molecular weight excluding hydrogens is 444 g/mol. The van der Waals surface area contributed by atoms with Crippen LogP contribution in [0, 0.1) is 5.92 Å². The quantitative estimate of drug-likeness (QED) is 0.603. The van der Waals surface area contributed by atoms with Crippen molar-refractivity contribution >= 4 is 23.4 Å². The summed E-state index contributed by atoms with van der Waals surface area (Å²) in [5.41, 5.74) is 6.83. The van der Waals surface area contributed by atoms with E-state index in [0.29, 0.717) is 12.3 Å². The van der Waals surface area contributed by atoms with E-state index in [1.54, 1.807) is 17.0 Å². The number of para-hydroxylation sites is 1. The van der Waals surface area contributed by atoms with Crippen LogP contribution < -0.4 is 20.7 Å². The molecule has 2 aromatic carbocycles. The largest absolute Gasteiger partial charge is 0.484 e. The Morgan fingerprint density at radius 3 is 2.26 bits per heavy atom. The highest BCUT2D eigenvalue weighted by molar-refractivity contribution is 5.98. The zero-order valence-corrected chi connectivity index (χ0v) is 21.4. The van der Waals surface area contributed by atoms with Crippen molar-refractivity contribution in [2.45, 2.75) is 38.6 Å². The van der Waals surface area contributed by atoms with Crippen molar-refractivity contribution in [1.82, 2.24) is 10.2 Å². The maximum atomic E-state index is 12.9. The summed E-state index contributed by atoms with van der Waals surface area (Å²) in [6.07, 6.45) is 0. The van der Waals surface area contributed by atoms with Gasteiger partial charge in [0.1, 0.15) is 5.75 Å². The van der Waals surface area contributed by atoms with Crippen LogP contribution in [0.5, 0.6) is 5.75 Å². The summed E-state index contributed by atoms with van der Waals surface area (Å²) < 4.78 is 5.66. The molecule has 0 bridgehead atoms. The van der Waals surface area contributed by atoms with E-state index in [2.05, 4.69) is 5.32 Å². The molecule has 3 rings (SSSR count). The number of nitrogens with two attached hydrogens (primary N) is 1. The lowest BCUT2D eigenvalue weighted by Crippen LogP contribution is -2.65. The van der Waals surface area contributed by atoms with Crippen LogP contribution in [0.15, 0.2) is 48.5 Å². The Hall–Kier alpha value is -3.39. The minimum absolute atomic E-state index is 0.0859. The van der Waals surface area contributed by atoms with Crippen LogP contribution in [-0.4, -0.2) is 62.0 Å². The molecular formula is C27H36N4O4. The van der Waals surface area contributed by atoms with E-state index in [1.807, 2.05) is 76.2 Å². The van der Waals surface area contributed by atoms with Crippen LogP contribution >= 0.6 is 0 Å². The Morgan fingerprint density at radius 1 is 1.06 bits per heavy atom. The average molecular weight is 481 g/mol. The number of nitrogens with zero attached hydrogens (tertiary/aromatic N) is 2. The van der Waals surface area contributed by atoms with Gasteiger partial charge in [-0.25, -0.2) is 0 Å². The highest BCUT2D eigenvalue weighted by Gasteiger charge is 2.57. The molecule has 1 heterocycles. The van der Waals surface area contributed by atoms with Gasteiger partial charge in [-0.05, 0) is 57.3 Å². The second kappa shape index (κ2) is 10.1. The molecule has 2 atom stereocenters. The van der Waals surface area contributed by atoms with Gasteiger partial charge in [-0.2, -0.15) is 0 Å². The van der Waals surface area contributed by atoms with Gasteiger partial charge in [-0.15, -0.1) is 0 Å². The number of benzene rings is 2. The van der Waals surface area contributed by atoms with E-state index in [1.165, 1.54) is 6.92 Å². The third-order valence-corrected chi connectivity index (χ3v) is 6.87. The van der Waals surface area contributed by atoms with E-state index in [4.69, 9.17) is 10.5 Å². The van der Waals surface area contributed by atoms with Gasteiger partial charge in [0.15, 0.2) is 6.61 Å². The monoisotopic (exact) mass is 480 g/mol. The molecule has 2 unspecified atom stereocenters. The van der Waals surface area contributed by atoms with Crippen molar-refractivity contribution in [2.75, 3.05) is 38.7 Å². The topological polar surface area (TPSA) is 105 Å². The number of rotatable bonds is 8.